The number of hydrogen-bond donors (Lipinski definition) is 1. The summed E-state index contributed by atoms with van der Waals surface area (Å²) in [7, 11) is 0. The van der Waals surface area contributed by atoms with Crippen molar-refractivity contribution < 1.29 is 9.84 Å². The van der Waals surface area contributed by atoms with Crippen molar-refractivity contribution in [3.05, 3.63) is 53.5 Å². The first-order valence-electron chi connectivity index (χ1n) is 7.99. The fraction of sp³-hybridized carbons (Fsp3) is 0.400. The van der Waals surface area contributed by atoms with Crippen molar-refractivity contribution in [3.8, 4) is 5.75 Å². The molecule has 2 nitrogen and oxygen atoms in total. The lowest BCUT2D eigenvalue weighted by atomic mass is 10.0. The van der Waals surface area contributed by atoms with Crippen LogP contribution in [0.4, 0.5) is 0 Å². The molecule has 126 valence electrons. The molecule has 23 heavy (non-hydrogen) atoms. The minimum absolute atomic E-state index is 0.0217. The van der Waals surface area contributed by atoms with E-state index < -0.39 is 0 Å². The third-order valence-corrected chi connectivity index (χ3v) is 4.57. The zero-order chi connectivity index (χ0) is 17.4. The molecule has 0 saturated heterocycles. The molecule has 0 saturated carbocycles. The third kappa shape index (κ3) is 6.28. The van der Waals surface area contributed by atoms with Gasteiger partial charge in [0.15, 0.2) is 0 Å². The molecular weight excluding hydrogens is 304 g/mol. The van der Waals surface area contributed by atoms with Crippen LogP contribution in [-0.4, -0.2) is 17.8 Å². The molecule has 1 rings (SSSR count). The van der Waals surface area contributed by atoms with E-state index in [-0.39, 0.29) is 12.7 Å². The van der Waals surface area contributed by atoms with Crippen molar-refractivity contribution in [3.63, 3.8) is 0 Å². The minimum Gasteiger partial charge on any atom is -0.488 e. The van der Waals surface area contributed by atoms with Gasteiger partial charge in [-0.1, -0.05) is 49.9 Å². The fourth-order valence-electron chi connectivity index (χ4n) is 2.09. The smallest absolute Gasteiger partial charge is 0.122 e. The van der Waals surface area contributed by atoms with E-state index >= 15 is 0 Å². The predicted molar refractivity (Wildman–Crippen MR) is 104 cm³/mol. The van der Waals surface area contributed by atoms with E-state index in [4.69, 9.17) is 4.74 Å². The molecule has 0 aliphatic carbocycles. The van der Waals surface area contributed by atoms with Crippen molar-refractivity contribution in [1.82, 2.24) is 0 Å². The number of aliphatic hydroxyl groups excluding tert-OH is 1. The van der Waals surface area contributed by atoms with E-state index in [1.165, 1.54) is 4.91 Å². The van der Waals surface area contributed by atoms with Crippen LogP contribution in [0.1, 0.15) is 51.7 Å². The summed E-state index contributed by atoms with van der Waals surface area (Å²) in [5, 5.41) is 9.45. The van der Waals surface area contributed by atoms with Gasteiger partial charge in [0, 0.05) is 4.91 Å². The predicted octanol–water partition coefficient (Wildman–Crippen LogP) is 5.89. The largest absolute Gasteiger partial charge is 0.488 e. The maximum Gasteiger partial charge on any atom is 0.122 e. The summed E-state index contributed by atoms with van der Waals surface area (Å²) < 4.78 is 5.96. The van der Waals surface area contributed by atoms with E-state index in [1.54, 1.807) is 11.8 Å². The summed E-state index contributed by atoms with van der Waals surface area (Å²) in [6.45, 7) is 16.4. The Morgan fingerprint density at radius 2 is 1.91 bits per heavy atom. The van der Waals surface area contributed by atoms with Crippen LogP contribution in [0, 0.1) is 0 Å². The molecule has 1 aromatic carbocycles. The Kier molecular flexibility index (Phi) is 8.21. The lowest BCUT2D eigenvalue weighted by Crippen LogP contribution is -2.20. The Bertz CT molecular complexity index is 587. The summed E-state index contributed by atoms with van der Waals surface area (Å²) >= 11 is 1.65. The monoisotopic (exact) mass is 332 g/mol. The molecular formula is C20H28O2S. The van der Waals surface area contributed by atoms with Crippen LogP contribution >= 0.6 is 11.8 Å². The van der Waals surface area contributed by atoms with Crippen LogP contribution in [0.5, 0.6) is 5.75 Å². The molecule has 0 bridgehead atoms. The van der Waals surface area contributed by atoms with Crippen LogP contribution in [0.25, 0.3) is 10.5 Å². The quantitative estimate of drug-likeness (QED) is 0.611. The van der Waals surface area contributed by atoms with E-state index in [2.05, 4.69) is 39.1 Å². The SMILES string of the molecule is C=C(C)c1cc(OC(CO)CCC)cc(C(=C)S/C(C)=C\C)c1. The molecule has 0 amide bonds. The Morgan fingerprint density at radius 1 is 1.26 bits per heavy atom. The summed E-state index contributed by atoms with van der Waals surface area (Å²) in [4.78, 5) is 2.18. The molecule has 0 aliphatic rings. The normalized spacial score (nSPS) is 12.8. The summed E-state index contributed by atoms with van der Waals surface area (Å²) in [5.74, 6) is 0.757. The summed E-state index contributed by atoms with van der Waals surface area (Å²) in [5.41, 5.74) is 3.04. The minimum atomic E-state index is -0.175. The number of ether oxygens (including phenoxy) is 1. The van der Waals surface area contributed by atoms with Gasteiger partial charge in [0.05, 0.1) is 6.61 Å². The molecule has 0 spiro atoms. The number of rotatable bonds is 9. The Morgan fingerprint density at radius 3 is 2.43 bits per heavy atom. The second-order valence-electron chi connectivity index (χ2n) is 5.66. The molecule has 0 fully saturated rings. The van der Waals surface area contributed by atoms with Crippen LogP contribution < -0.4 is 4.74 Å². The van der Waals surface area contributed by atoms with Crippen LogP contribution in [0.15, 0.2) is 42.3 Å². The highest BCUT2D eigenvalue weighted by molar-refractivity contribution is 8.11. The second kappa shape index (κ2) is 9.64. The highest BCUT2D eigenvalue weighted by atomic mass is 32.2. The van der Waals surface area contributed by atoms with Gasteiger partial charge in [0.2, 0.25) is 0 Å². The first-order valence-corrected chi connectivity index (χ1v) is 8.81. The lowest BCUT2D eigenvalue weighted by molar-refractivity contribution is 0.108. The number of benzene rings is 1. The highest BCUT2D eigenvalue weighted by Crippen LogP contribution is 2.35. The van der Waals surface area contributed by atoms with E-state index in [1.807, 2.05) is 26.0 Å². The Balaban J connectivity index is 3.11. The van der Waals surface area contributed by atoms with Crippen molar-refractivity contribution >= 4 is 22.2 Å². The standard InChI is InChI=1S/C20H28O2S/c1-7-9-19(13-21)22-20-11-17(14(3)4)10-18(12-20)16(6)23-15(5)8-2/h8,10-12,19,21H,3,6-7,9,13H2,1-2,4-5H3/b15-8-. The van der Waals surface area contributed by atoms with Crippen LogP contribution in [0.3, 0.4) is 0 Å². The zero-order valence-corrected chi connectivity index (χ0v) is 15.5. The zero-order valence-electron chi connectivity index (χ0n) is 14.7. The van der Waals surface area contributed by atoms with Gasteiger partial charge in [-0.3, -0.25) is 0 Å². The first kappa shape index (κ1) is 19.6. The van der Waals surface area contributed by atoms with Crippen molar-refractivity contribution in [2.75, 3.05) is 6.61 Å². The number of hydrogen-bond acceptors (Lipinski definition) is 3. The number of aliphatic hydroxyl groups is 1. The molecule has 0 heterocycles. The highest BCUT2D eigenvalue weighted by Gasteiger charge is 2.12. The van der Waals surface area contributed by atoms with Crippen LogP contribution in [-0.2, 0) is 0 Å². The van der Waals surface area contributed by atoms with E-state index in [0.717, 1.165) is 40.2 Å². The number of thioether (sulfide) groups is 1. The fourth-order valence-corrected chi connectivity index (χ4v) is 2.83. The number of allylic oxidation sites excluding steroid dienone is 3. The van der Waals surface area contributed by atoms with Crippen molar-refractivity contribution in [2.24, 2.45) is 0 Å². The lowest BCUT2D eigenvalue weighted by Gasteiger charge is -2.18. The molecule has 3 heteroatoms. The average Bonchev–Trinajstić information content (AvgIpc) is 2.53. The Hall–Kier alpha value is -1.45. The maximum absolute atomic E-state index is 9.45. The average molecular weight is 333 g/mol. The van der Waals surface area contributed by atoms with Gasteiger partial charge in [-0.25, -0.2) is 0 Å². The molecule has 1 N–H and O–H groups in total. The van der Waals surface area contributed by atoms with Crippen molar-refractivity contribution in [2.45, 2.75) is 46.6 Å². The van der Waals surface area contributed by atoms with Gasteiger partial charge in [0.1, 0.15) is 11.9 Å². The second-order valence-corrected chi connectivity index (χ2v) is 7.00. The van der Waals surface area contributed by atoms with Gasteiger partial charge >= 0.3 is 0 Å². The first-order chi connectivity index (χ1) is 10.9. The topological polar surface area (TPSA) is 29.5 Å². The molecule has 0 radical (unpaired) electrons. The molecule has 0 aliphatic heterocycles. The van der Waals surface area contributed by atoms with Crippen LogP contribution in [0.2, 0.25) is 0 Å². The van der Waals surface area contributed by atoms with Crippen molar-refractivity contribution in [1.29, 1.82) is 0 Å². The Labute approximate surface area is 145 Å². The summed E-state index contributed by atoms with van der Waals surface area (Å²) in [6.07, 6.45) is 3.70. The molecule has 0 aromatic heterocycles. The molecule has 1 atom stereocenters. The molecule has 1 unspecified atom stereocenters. The van der Waals surface area contributed by atoms with Gasteiger partial charge in [-0.05, 0) is 61.4 Å². The van der Waals surface area contributed by atoms with E-state index in [9.17, 15) is 5.11 Å². The van der Waals surface area contributed by atoms with E-state index in [0.29, 0.717) is 0 Å². The van der Waals surface area contributed by atoms with Gasteiger partial charge in [-0.2, -0.15) is 0 Å². The molecule has 1 aromatic rings. The maximum atomic E-state index is 9.45. The van der Waals surface area contributed by atoms with Gasteiger partial charge in [0.25, 0.3) is 0 Å². The summed E-state index contributed by atoms with van der Waals surface area (Å²) in [6, 6.07) is 6.05. The van der Waals surface area contributed by atoms with Gasteiger partial charge < -0.3 is 9.84 Å². The van der Waals surface area contributed by atoms with Gasteiger partial charge in [-0.15, -0.1) is 0 Å². The third-order valence-electron chi connectivity index (χ3n) is 3.53.